The Balaban J connectivity index is 1.67. The van der Waals surface area contributed by atoms with E-state index in [0.29, 0.717) is 12.0 Å². The maximum atomic E-state index is 13.7. The lowest BCUT2D eigenvalue weighted by Crippen LogP contribution is -2.50. The second-order valence-electron chi connectivity index (χ2n) is 8.42. The highest BCUT2D eigenvalue weighted by molar-refractivity contribution is 6.08. The molecule has 0 amide bonds. The molecule has 1 aromatic carbocycles. The molecule has 4 heteroatoms. The third-order valence-electron chi connectivity index (χ3n) is 7.08. The van der Waals surface area contributed by atoms with Crippen molar-refractivity contribution in [2.45, 2.75) is 44.7 Å². The van der Waals surface area contributed by atoms with Crippen LogP contribution < -0.4 is 5.56 Å². The molecule has 0 saturated carbocycles. The molecule has 4 aliphatic rings. The molecular formula is C22H25N3O. The summed E-state index contributed by atoms with van der Waals surface area (Å²) in [5.41, 5.74) is 4.06. The molecule has 3 saturated heterocycles. The molecule has 0 radical (unpaired) electrons. The van der Waals surface area contributed by atoms with Gasteiger partial charge in [0.1, 0.15) is 0 Å². The first kappa shape index (κ1) is 15.0. The van der Waals surface area contributed by atoms with Gasteiger partial charge in [0.25, 0.3) is 5.56 Å². The number of piperidine rings is 3. The fraction of sp³-hybridized carbons (Fsp3) is 0.500. The van der Waals surface area contributed by atoms with Gasteiger partial charge < -0.3 is 14.0 Å². The normalized spacial score (nSPS) is 27.9. The van der Waals surface area contributed by atoms with Crippen LogP contribution in [0.4, 0.5) is 0 Å². The molecule has 0 spiro atoms. The van der Waals surface area contributed by atoms with E-state index < -0.39 is 0 Å². The molecule has 0 N–H and O–H groups in total. The predicted octanol–water partition coefficient (Wildman–Crippen LogP) is 3.56. The number of nitrogens with zero attached hydrogens (tertiary/aromatic N) is 3. The zero-order valence-corrected chi connectivity index (χ0v) is 15.2. The van der Waals surface area contributed by atoms with E-state index in [0.717, 1.165) is 30.3 Å². The number of rotatable bonds is 1. The summed E-state index contributed by atoms with van der Waals surface area (Å²) in [7, 11) is 0. The van der Waals surface area contributed by atoms with Gasteiger partial charge in [0, 0.05) is 30.2 Å². The van der Waals surface area contributed by atoms with Crippen molar-refractivity contribution in [2.75, 3.05) is 19.6 Å². The van der Waals surface area contributed by atoms with Crippen molar-refractivity contribution in [2.24, 2.45) is 5.92 Å². The average Bonchev–Trinajstić information content (AvgIpc) is 2.88. The number of para-hydroxylation sites is 1. The number of benzene rings is 1. The van der Waals surface area contributed by atoms with E-state index in [9.17, 15) is 4.79 Å². The average molecular weight is 347 g/mol. The van der Waals surface area contributed by atoms with Gasteiger partial charge >= 0.3 is 0 Å². The summed E-state index contributed by atoms with van der Waals surface area (Å²) >= 11 is 0. The predicted molar refractivity (Wildman–Crippen MR) is 105 cm³/mol. The largest absolute Gasteiger partial charge is 0.340 e. The summed E-state index contributed by atoms with van der Waals surface area (Å²) in [5.74, 6) is 0.668. The van der Waals surface area contributed by atoms with E-state index >= 15 is 0 Å². The first-order chi connectivity index (χ1) is 12.8. The van der Waals surface area contributed by atoms with E-state index in [1.54, 1.807) is 0 Å². The zero-order chi connectivity index (χ0) is 17.3. The Morgan fingerprint density at radius 1 is 1.00 bits per heavy atom. The number of aryl methyl sites for hydroxylation is 2. The Morgan fingerprint density at radius 2 is 1.85 bits per heavy atom. The van der Waals surface area contributed by atoms with E-state index in [2.05, 4.69) is 44.5 Å². The van der Waals surface area contributed by atoms with Crippen LogP contribution >= 0.6 is 0 Å². The van der Waals surface area contributed by atoms with Crippen LogP contribution in [0.1, 0.15) is 37.3 Å². The number of hydrogen-bond acceptors (Lipinski definition) is 2. The third kappa shape index (κ3) is 1.96. The Labute approximate surface area is 153 Å². The van der Waals surface area contributed by atoms with E-state index in [1.807, 2.05) is 0 Å². The van der Waals surface area contributed by atoms with Crippen LogP contribution in [0.3, 0.4) is 0 Å². The fourth-order valence-corrected chi connectivity index (χ4v) is 5.77. The molecule has 134 valence electrons. The fourth-order valence-electron chi connectivity index (χ4n) is 5.77. The monoisotopic (exact) mass is 347 g/mol. The molecule has 1 unspecified atom stereocenters. The molecule has 3 aromatic rings. The van der Waals surface area contributed by atoms with Gasteiger partial charge in [-0.05, 0) is 62.7 Å². The highest BCUT2D eigenvalue weighted by Crippen LogP contribution is 2.37. The second-order valence-corrected chi connectivity index (χ2v) is 8.42. The second kappa shape index (κ2) is 5.46. The summed E-state index contributed by atoms with van der Waals surface area (Å²) in [4.78, 5) is 16.2. The Hall–Kier alpha value is -2.07. The van der Waals surface area contributed by atoms with Crippen molar-refractivity contribution in [1.82, 2.24) is 14.0 Å². The van der Waals surface area contributed by atoms with Gasteiger partial charge in [-0.15, -0.1) is 0 Å². The number of fused-ring (bicyclic) bond motifs is 6. The number of aromatic nitrogens is 2. The lowest BCUT2D eigenvalue weighted by molar-refractivity contribution is 0.0555. The highest BCUT2D eigenvalue weighted by Gasteiger charge is 2.36. The van der Waals surface area contributed by atoms with Crippen LogP contribution in [-0.4, -0.2) is 33.7 Å². The van der Waals surface area contributed by atoms with Gasteiger partial charge in [0.15, 0.2) is 0 Å². The molecule has 4 nitrogen and oxygen atoms in total. The maximum absolute atomic E-state index is 13.7. The van der Waals surface area contributed by atoms with Crippen molar-refractivity contribution in [3.8, 4) is 0 Å². The minimum Gasteiger partial charge on any atom is -0.340 e. The number of hydrogen-bond donors (Lipinski definition) is 0. The minimum atomic E-state index is 0.236. The smallest absolute Gasteiger partial charge is 0.260 e. The van der Waals surface area contributed by atoms with E-state index in [1.165, 1.54) is 55.4 Å². The molecule has 7 rings (SSSR count). The molecule has 2 aromatic heterocycles. The molecule has 26 heavy (non-hydrogen) atoms. The van der Waals surface area contributed by atoms with E-state index in [4.69, 9.17) is 0 Å². The molecule has 0 aliphatic carbocycles. The molecule has 4 aliphatic heterocycles. The van der Waals surface area contributed by atoms with Crippen molar-refractivity contribution < 1.29 is 0 Å². The molecular weight excluding hydrogens is 322 g/mol. The molecule has 3 fully saturated rings. The minimum absolute atomic E-state index is 0.236. The van der Waals surface area contributed by atoms with Crippen molar-refractivity contribution in [3.63, 3.8) is 0 Å². The van der Waals surface area contributed by atoms with Gasteiger partial charge in [-0.25, -0.2) is 0 Å². The Bertz CT molecular complexity index is 1070. The number of pyridine rings is 1. The SMILES string of the molecule is O=c1c2c3ccccc3n3c2c(cn1C1CN2CCC1CC2)CCCC3. The Morgan fingerprint density at radius 3 is 2.65 bits per heavy atom. The van der Waals surface area contributed by atoms with Crippen LogP contribution in [0, 0.1) is 5.92 Å². The topological polar surface area (TPSA) is 30.2 Å². The van der Waals surface area contributed by atoms with Crippen LogP contribution in [0.2, 0.25) is 0 Å². The first-order valence-corrected chi connectivity index (χ1v) is 10.2. The summed E-state index contributed by atoms with van der Waals surface area (Å²) in [5, 5.41) is 2.11. The quantitative estimate of drug-likeness (QED) is 0.674. The van der Waals surface area contributed by atoms with Gasteiger partial charge in [0.05, 0.1) is 16.9 Å². The van der Waals surface area contributed by atoms with Gasteiger partial charge in [-0.3, -0.25) is 4.79 Å². The van der Waals surface area contributed by atoms with Crippen LogP contribution in [0.15, 0.2) is 35.3 Å². The maximum Gasteiger partial charge on any atom is 0.260 e. The van der Waals surface area contributed by atoms with Crippen LogP contribution in [-0.2, 0) is 13.0 Å². The van der Waals surface area contributed by atoms with Gasteiger partial charge in [-0.1, -0.05) is 18.2 Å². The summed E-state index contributed by atoms with van der Waals surface area (Å²) < 4.78 is 4.55. The summed E-state index contributed by atoms with van der Waals surface area (Å²) in [6, 6.07) is 8.85. The third-order valence-corrected chi connectivity index (χ3v) is 7.08. The molecule has 6 heterocycles. The van der Waals surface area contributed by atoms with Crippen LogP contribution in [0.25, 0.3) is 21.8 Å². The zero-order valence-electron chi connectivity index (χ0n) is 15.2. The van der Waals surface area contributed by atoms with Crippen molar-refractivity contribution in [3.05, 3.63) is 46.4 Å². The standard InChI is InChI=1S/C22H25N3O/c26-22-20-17-6-1-2-7-18(17)24-10-4-3-5-16(21(20)24)13-25(22)19-14-23-11-8-15(19)9-12-23/h1-2,6-7,13,15,19H,3-5,8-12,14H2. The highest BCUT2D eigenvalue weighted by atomic mass is 16.1. The summed E-state index contributed by atoms with van der Waals surface area (Å²) in [6.45, 7) is 4.50. The molecule has 1 atom stereocenters. The van der Waals surface area contributed by atoms with E-state index in [-0.39, 0.29) is 5.56 Å². The van der Waals surface area contributed by atoms with Crippen LogP contribution in [0.5, 0.6) is 0 Å². The summed E-state index contributed by atoms with van der Waals surface area (Å²) in [6.07, 6.45) is 8.21. The lowest BCUT2D eigenvalue weighted by atomic mass is 9.83. The van der Waals surface area contributed by atoms with Gasteiger partial charge in [0.2, 0.25) is 0 Å². The lowest BCUT2D eigenvalue weighted by Gasteiger charge is -2.45. The van der Waals surface area contributed by atoms with Crippen molar-refractivity contribution in [1.29, 1.82) is 0 Å². The molecule has 2 bridgehead atoms. The first-order valence-electron chi connectivity index (χ1n) is 10.2. The van der Waals surface area contributed by atoms with Gasteiger partial charge in [-0.2, -0.15) is 0 Å². The Kier molecular flexibility index (Phi) is 3.16. The van der Waals surface area contributed by atoms with Crippen molar-refractivity contribution >= 4 is 21.8 Å².